The second-order valence-electron chi connectivity index (χ2n) is 5.97. The molecule has 1 amide bonds. The Morgan fingerprint density at radius 1 is 1.46 bits per heavy atom. The van der Waals surface area contributed by atoms with Crippen molar-refractivity contribution in [3.05, 3.63) is 29.3 Å². The van der Waals surface area contributed by atoms with Crippen LogP contribution in [0.5, 0.6) is 0 Å². The number of ether oxygens (including phenoxy) is 1. The maximum absolute atomic E-state index is 12.3. The number of anilines is 1. The van der Waals surface area contributed by atoms with Gasteiger partial charge in [-0.3, -0.25) is 14.9 Å². The Kier molecular flexibility index (Phi) is 7.23. The smallest absolute Gasteiger partial charge is 0.305 e. The van der Waals surface area contributed by atoms with E-state index in [1.54, 1.807) is 31.2 Å². The van der Waals surface area contributed by atoms with Gasteiger partial charge in [0.1, 0.15) is 0 Å². The van der Waals surface area contributed by atoms with Crippen molar-refractivity contribution in [3.63, 3.8) is 0 Å². The Bertz CT molecular complexity index is 682. The van der Waals surface area contributed by atoms with Crippen LogP contribution in [-0.4, -0.2) is 36.8 Å². The summed E-state index contributed by atoms with van der Waals surface area (Å²) in [5.74, 6) is -0.678. The van der Waals surface area contributed by atoms with E-state index in [1.807, 2.05) is 6.92 Å². The van der Waals surface area contributed by atoms with E-state index in [0.717, 1.165) is 0 Å². The van der Waals surface area contributed by atoms with Gasteiger partial charge in [-0.05, 0) is 38.5 Å². The largest absolute Gasteiger partial charge is 0.466 e. The van der Waals surface area contributed by atoms with E-state index in [2.05, 4.69) is 20.9 Å². The number of nitrogens with zero attached hydrogens (tertiary/aromatic N) is 1. The van der Waals surface area contributed by atoms with Gasteiger partial charge in [-0.1, -0.05) is 17.7 Å². The molecule has 8 nitrogen and oxygen atoms in total. The van der Waals surface area contributed by atoms with Gasteiger partial charge in [-0.15, -0.1) is 0 Å². The highest BCUT2D eigenvalue weighted by Crippen LogP contribution is 2.17. The third-order valence-electron chi connectivity index (χ3n) is 3.97. The molecule has 1 heterocycles. The first-order valence-corrected chi connectivity index (χ1v) is 8.84. The van der Waals surface area contributed by atoms with Crippen LogP contribution in [0.25, 0.3) is 0 Å². The molecule has 1 aromatic rings. The zero-order valence-electron chi connectivity index (χ0n) is 14.8. The van der Waals surface area contributed by atoms with E-state index >= 15 is 0 Å². The number of hydrogen-bond acceptors (Lipinski definition) is 5. The predicted molar refractivity (Wildman–Crippen MR) is 101 cm³/mol. The molecule has 1 fully saturated rings. The number of nitrogens with two attached hydrogens (primary N) is 1. The molecule has 1 aliphatic rings. The fourth-order valence-electron chi connectivity index (χ4n) is 2.72. The van der Waals surface area contributed by atoms with Crippen LogP contribution < -0.4 is 21.7 Å². The van der Waals surface area contributed by atoms with Crippen LogP contribution in [0, 0.1) is 5.92 Å². The van der Waals surface area contributed by atoms with E-state index in [0.29, 0.717) is 23.7 Å². The van der Waals surface area contributed by atoms with E-state index < -0.39 is 6.29 Å². The summed E-state index contributed by atoms with van der Waals surface area (Å²) >= 11 is 5.92. The van der Waals surface area contributed by atoms with Crippen molar-refractivity contribution >= 4 is 35.1 Å². The fourth-order valence-corrected chi connectivity index (χ4v) is 2.91. The van der Waals surface area contributed by atoms with Crippen LogP contribution in [0.4, 0.5) is 5.69 Å². The lowest BCUT2D eigenvalue weighted by atomic mass is 9.93. The number of carbonyl (C=O) groups is 2. The summed E-state index contributed by atoms with van der Waals surface area (Å²) in [6, 6.07) is 6.89. The van der Waals surface area contributed by atoms with Crippen molar-refractivity contribution in [2.24, 2.45) is 16.6 Å². The van der Waals surface area contributed by atoms with Crippen LogP contribution >= 0.6 is 11.6 Å². The van der Waals surface area contributed by atoms with Gasteiger partial charge in [0.2, 0.25) is 5.91 Å². The van der Waals surface area contributed by atoms with Crippen LogP contribution in [0.2, 0.25) is 5.02 Å². The first kappa shape index (κ1) is 20.0. The Labute approximate surface area is 157 Å². The maximum Gasteiger partial charge on any atom is 0.305 e. The minimum absolute atomic E-state index is 0.141. The molecule has 0 bridgehead atoms. The minimum atomic E-state index is -0.650. The van der Waals surface area contributed by atoms with Gasteiger partial charge >= 0.3 is 5.97 Å². The lowest BCUT2D eigenvalue weighted by molar-refractivity contribution is -0.143. The summed E-state index contributed by atoms with van der Waals surface area (Å²) in [7, 11) is 0. The van der Waals surface area contributed by atoms with Crippen LogP contribution in [0.3, 0.4) is 0 Å². The molecule has 5 N–H and O–H groups in total. The molecule has 2 rings (SSSR count). The number of carbonyl (C=O) groups excluding carboxylic acids is 2. The maximum atomic E-state index is 12.3. The molecule has 0 saturated carbocycles. The first-order valence-electron chi connectivity index (χ1n) is 8.47. The number of guanidine groups is 1. The standard InChI is InChI=1S/C17H24ClN5O3/c1-3-26-14(24)8-7-13-10(2)20-17(22-15(13)25)23-16(19)21-12-6-4-5-11(18)9-12/h4-6,9-10,13,17,20H,3,7-8H2,1-2H3,(H,22,25)(H3,19,21,23). The third kappa shape index (κ3) is 5.89. The number of aliphatic imine (C=N–C) groups is 1. The molecule has 9 heteroatoms. The van der Waals surface area contributed by atoms with Crippen molar-refractivity contribution in [1.82, 2.24) is 10.6 Å². The summed E-state index contributed by atoms with van der Waals surface area (Å²) in [5.41, 5.74) is 6.58. The van der Waals surface area contributed by atoms with Crippen LogP contribution in [0.1, 0.15) is 26.7 Å². The number of esters is 1. The van der Waals surface area contributed by atoms with E-state index in [4.69, 9.17) is 22.1 Å². The second-order valence-corrected chi connectivity index (χ2v) is 6.40. The van der Waals surface area contributed by atoms with Gasteiger partial charge in [0.05, 0.1) is 12.5 Å². The number of hydrogen-bond donors (Lipinski definition) is 4. The van der Waals surface area contributed by atoms with Gasteiger partial charge in [-0.25, -0.2) is 4.99 Å². The zero-order chi connectivity index (χ0) is 19.1. The summed E-state index contributed by atoms with van der Waals surface area (Å²) in [4.78, 5) is 28.0. The normalized spacial score (nSPS) is 23.3. The molecule has 1 aliphatic heterocycles. The number of rotatable bonds is 6. The lowest BCUT2D eigenvalue weighted by Crippen LogP contribution is -2.60. The molecule has 142 valence electrons. The third-order valence-corrected chi connectivity index (χ3v) is 4.21. The summed E-state index contributed by atoms with van der Waals surface area (Å²) in [5, 5.41) is 9.40. The molecule has 0 radical (unpaired) electrons. The van der Waals surface area contributed by atoms with Crippen molar-refractivity contribution < 1.29 is 14.3 Å². The highest BCUT2D eigenvalue weighted by atomic mass is 35.5. The van der Waals surface area contributed by atoms with Gasteiger partial charge in [0, 0.05) is 23.2 Å². The Balaban J connectivity index is 1.91. The predicted octanol–water partition coefficient (Wildman–Crippen LogP) is 1.42. The monoisotopic (exact) mass is 381 g/mol. The van der Waals surface area contributed by atoms with E-state index in [9.17, 15) is 9.59 Å². The lowest BCUT2D eigenvalue weighted by Gasteiger charge is -2.33. The average Bonchev–Trinajstić information content (AvgIpc) is 2.54. The Hall–Kier alpha value is -2.32. The second kappa shape index (κ2) is 9.40. The fraction of sp³-hybridized carbons (Fsp3) is 0.471. The van der Waals surface area contributed by atoms with Gasteiger partial charge in [-0.2, -0.15) is 0 Å². The van der Waals surface area contributed by atoms with Gasteiger partial charge < -0.3 is 21.1 Å². The van der Waals surface area contributed by atoms with E-state index in [1.165, 1.54) is 0 Å². The average molecular weight is 382 g/mol. The molecular formula is C17H24ClN5O3. The molecule has 3 atom stereocenters. The van der Waals surface area contributed by atoms with Crippen molar-refractivity contribution in [3.8, 4) is 0 Å². The molecule has 0 spiro atoms. The molecular weight excluding hydrogens is 358 g/mol. The number of halogens is 1. The molecule has 26 heavy (non-hydrogen) atoms. The van der Waals surface area contributed by atoms with Crippen LogP contribution in [-0.2, 0) is 14.3 Å². The zero-order valence-corrected chi connectivity index (χ0v) is 15.5. The Morgan fingerprint density at radius 3 is 2.88 bits per heavy atom. The number of nitrogens with one attached hydrogen (secondary N) is 3. The first-order chi connectivity index (χ1) is 12.4. The summed E-state index contributed by atoms with van der Waals surface area (Å²) in [6.07, 6.45) is -0.0430. The van der Waals surface area contributed by atoms with Crippen LogP contribution in [0.15, 0.2) is 29.3 Å². The molecule has 3 unspecified atom stereocenters. The van der Waals surface area contributed by atoms with Crippen molar-refractivity contribution in [2.45, 2.75) is 39.0 Å². The topological polar surface area (TPSA) is 118 Å². The minimum Gasteiger partial charge on any atom is -0.466 e. The number of benzene rings is 1. The summed E-state index contributed by atoms with van der Waals surface area (Å²) in [6.45, 7) is 3.96. The SMILES string of the molecule is CCOC(=O)CCC1C(=O)NC(/N=C(\N)Nc2cccc(Cl)c2)NC1C. The molecule has 0 aliphatic carbocycles. The van der Waals surface area contributed by atoms with Gasteiger partial charge in [0.25, 0.3) is 0 Å². The highest BCUT2D eigenvalue weighted by Gasteiger charge is 2.33. The highest BCUT2D eigenvalue weighted by molar-refractivity contribution is 6.30. The van der Waals surface area contributed by atoms with Crippen molar-refractivity contribution in [2.75, 3.05) is 11.9 Å². The van der Waals surface area contributed by atoms with E-state index in [-0.39, 0.29) is 36.2 Å². The van der Waals surface area contributed by atoms with Crippen molar-refractivity contribution in [1.29, 1.82) is 0 Å². The number of amides is 1. The molecule has 0 aromatic heterocycles. The molecule has 1 saturated heterocycles. The quantitative estimate of drug-likeness (QED) is 0.336. The Morgan fingerprint density at radius 2 is 2.23 bits per heavy atom. The molecule has 1 aromatic carbocycles. The van der Waals surface area contributed by atoms with Gasteiger partial charge in [0.15, 0.2) is 12.2 Å². The summed E-state index contributed by atoms with van der Waals surface area (Å²) < 4.78 is 4.90.